The van der Waals surface area contributed by atoms with Gasteiger partial charge >= 0.3 is 6.03 Å². The molecule has 2 fully saturated rings. The highest BCUT2D eigenvalue weighted by molar-refractivity contribution is 5.74. The zero-order valence-corrected chi connectivity index (χ0v) is 13.4. The van der Waals surface area contributed by atoms with Gasteiger partial charge in [-0.05, 0) is 43.6 Å². The first-order valence-electron chi connectivity index (χ1n) is 8.30. The Hall–Kier alpha value is -1.56. The number of carbonyl (C=O) groups is 1. The lowest BCUT2D eigenvalue weighted by atomic mass is 9.77. The molecule has 4 atom stereocenters. The molecule has 2 heterocycles. The molecular formula is C16H26N4O2. The maximum Gasteiger partial charge on any atom is 0.317 e. The van der Waals surface area contributed by atoms with Crippen LogP contribution in [0.2, 0.25) is 0 Å². The van der Waals surface area contributed by atoms with Crippen LogP contribution < -0.4 is 5.32 Å². The molecule has 1 aromatic heterocycles. The third-order valence-electron chi connectivity index (χ3n) is 4.99. The predicted molar refractivity (Wildman–Crippen MR) is 83.5 cm³/mol. The van der Waals surface area contributed by atoms with Crippen LogP contribution in [0, 0.1) is 18.8 Å². The molecule has 2 aliphatic rings. The van der Waals surface area contributed by atoms with Crippen LogP contribution in [0.1, 0.15) is 37.8 Å². The number of aromatic nitrogens is 2. The van der Waals surface area contributed by atoms with Crippen molar-refractivity contribution in [2.24, 2.45) is 11.8 Å². The number of aliphatic hydroxyl groups is 1. The van der Waals surface area contributed by atoms with Crippen LogP contribution in [0.15, 0.2) is 12.4 Å². The summed E-state index contributed by atoms with van der Waals surface area (Å²) in [5.74, 6) is 0.876. The number of hydrogen-bond acceptors (Lipinski definition) is 3. The van der Waals surface area contributed by atoms with Crippen molar-refractivity contribution in [3.8, 4) is 0 Å². The third kappa shape index (κ3) is 2.97. The van der Waals surface area contributed by atoms with Crippen LogP contribution in [0.25, 0.3) is 0 Å². The fourth-order valence-electron chi connectivity index (χ4n) is 3.82. The molecule has 3 rings (SSSR count). The third-order valence-corrected chi connectivity index (χ3v) is 4.99. The molecule has 22 heavy (non-hydrogen) atoms. The number of likely N-dealkylation sites (tertiary alicyclic amines) is 1. The highest BCUT2D eigenvalue weighted by Crippen LogP contribution is 2.41. The molecule has 6 heteroatoms. The van der Waals surface area contributed by atoms with E-state index in [-0.39, 0.29) is 18.2 Å². The average molecular weight is 306 g/mol. The Morgan fingerprint density at radius 1 is 1.41 bits per heavy atom. The Labute approximate surface area is 131 Å². The van der Waals surface area contributed by atoms with E-state index in [0.29, 0.717) is 11.8 Å². The highest BCUT2D eigenvalue weighted by atomic mass is 16.3. The molecule has 1 saturated carbocycles. The molecule has 0 spiro atoms. The molecule has 0 aromatic carbocycles. The quantitative estimate of drug-likeness (QED) is 0.890. The number of nitrogens with zero attached hydrogens (tertiary/aromatic N) is 3. The second-order valence-electron chi connectivity index (χ2n) is 6.76. The summed E-state index contributed by atoms with van der Waals surface area (Å²) in [6, 6.07) is 0.0748. The van der Waals surface area contributed by atoms with Crippen molar-refractivity contribution in [3.63, 3.8) is 0 Å². The second kappa shape index (κ2) is 6.28. The zero-order chi connectivity index (χ0) is 15.7. The minimum absolute atomic E-state index is 0.0357. The van der Waals surface area contributed by atoms with Gasteiger partial charge in [0.1, 0.15) is 0 Å². The van der Waals surface area contributed by atoms with Crippen LogP contribution in [0.3, 0.4) is 0 Å². The van der Waals surface area contributed by atoms with Gasteiger partial charge in [0.05, 0.1) is 18.3 Å². The molecule has 1 saturated heterocycles. The van der Waals surface area contributed by atoms with Gasteiger partial charge in [0.15, 0.2) is 0 Å². The molecule has 0 radical (unpaired) electrons. The van der Waals surface area contributed by atoms with Crippen molar-refractivity contribution < 1.29 is 9.90 Å². The summed E-state index contributed by atoms with van der Waals surface area (Å²) in [4.78, 5) is 14.0. The molecule has 0 bridgehead atoms. The zero-order valence-electron chi connectivity index (χ0n) is 13.4. The lowest BCUT2D eigenvalue weighted by Crippen LogP contribution is -2.39. The van der Waals surface area contributed by atoms with Gasteiger partial charge < -0.3 is 15.3 Å². The van der Waals surface area contributed by atoms with Crippen molar-refractivity contribution in [1.29, 1.82) is 0 Å². The van der Waals surface area contributed by atoms with E-state index in [4.69, 9.17) is 0 Å². The van der Waals surface area contributed by atoms with Gasteiger partial charge in [-0.25, -0.2) is 4.79 Å². The standard InChI is InChI=1S/C16H26N4O2/c1-3-4-17-16(22)19-9-12-5-14(15(21)6-13(12)10-19)20-8-11(2)7-18-20/h7-8,12-15,21H,3-6,9-10H2,1-2H3,(H,17,22)/t12-,13+,14-,15-/m0/s1. The molecule has 6 nitrogen and oxygen atoms in total. The number of hydrogen-bond donors (Lipinski definition) is 2. The Morgan fingerprint density at radius 2 is 2.14 bits per heavy atom. The van der Waals surface area contributed by atoms with Gasteiger partial charge in [0.2, 0.25) is 0 Å². The number of amides is 2. The van der Waals surface area contributed by atoms with Crippen molar-refractivity contribution in [2.45, 2.75) is 45.3 Å². The summed E-state index contributed by atoms with van der Waals surface area (Å²) < 4.78 is 1.90. The molecule has 122 valence electrons. The lowest BCUT2D eigenvalue weighted by molar-refractivity contribution is 0.0306. The molecule has 1 aliphatic carbocycles. The van der Waals surface area contributed by atoms with E-state index in [1.807, 2.05) is 28.9 Å². The van der Waals surface area contributed by atoms with Gasteiger partial charge in [0.25, 0.3) is 0 Å². The number of nitrogens with one attached hydrogen (secondary N) is 1. The second-order valence-corrected chi connectivity index (χ2v) is 6.76. The summed E-state index contributed by atoms with van der Waals surface area (Å²) >= 11 is 0. The maximum atomic E-state index is 12.1. The van der Waals surface area contributed by atoms with Crippen molar-refractivity contribution in [3.05, 3.63) is 18.0 Å². The topological polar surface area (TPSA) is 70.4 Å². The number of rotatable bonds is 3. The van der Waals surface area contributed by atoms with Crippen LogP contribution in [0.4, 0.5) is 4.79 Å². The Balaban J connectivity index is 1.64. The molecule has 2 N–H and O–H groups in total. The van der Waals surface area contributed by atoms with Crippen LogP contribution in [0.5, 0.6) is 0 Å². The van der Waals surface area contributed by atoms with Crippen molar-refractivity contribution in [2.75, 3.05) is 19.6 Å². The monoisotopic (exact) mass is 306 g/mol. The highest BCUT2D eigenvalue weighted by Gasteiger charge is 2.43. The summed E-state index contributed by atoms with van der Waals surface area (Å²) in [7, 11) is 0. The molecule has 1 aromatic rings. The lowest BCUT2D eigenvalue weighted by Gasteiger charge is -2.35. The Morgan fingerprint density at radius 3 is 2.77 bits per heavy atom. The van der Waals surface area contributed by atoms with E-state index in [1.165, 1.54) is 0 Å². The normalized spacial score (nSPS) is 31.1. The van der Waals surface area contributed by atoms with E-state index in [1.54, 1.807) is 0 Å². The number of carbonyl (C=O) groups excluding carboxylic acids is 1. The summed E-state index contributed by atoms with van der Waals surface area (Å²) in [5, 5.41) is 17.8. The number of fused-ring (bicyclic) bond motifs is 1. The van der Waals surface area contributed by atoms with Gasteiger partial charge in [-0.2, -0.15) is 5.10 Å². The van der Waals surface area contributed by atoms with Crippen molar-refractivity contribution >= 4 is 6.03 Å². The van der Waals surface area contributed by atoms with Crippen LogP contribution in [-0.4, -0.2) is 51.6 Å². The number of urea groups is 1. The van der Waals surface area contributed by atoms with Gasteiger partial charge in [0, 0.05) is 25.8 Å². The fourth-order valence-corrected chi connectivity index (χ4v) is 3.82. The van der Waals surface area contributed by atoms with Crippen LogP contribution >= 0.6 is 0 Å². The van der Waals surface area contributed by atoms with Gasteiger partial charge in [-0.3, -0.25) is 4.68 Å². The van der Waals surface area contributed by atoms with Crippen LogP contribution in [-0.2, 0) is 0 Å². The first-order chi connectivity index (χ1) is 10.6. The summed E-state index contributed by atoms with van der Waals surface area (Å²) in [6.45, 7) is 6.35. The number of aliphatic hydroxyl groups excluding tert-OH is 1. The summed E-state index contributed by atoms with van der Waals surface area (Å²) in [6.07, 6.45) is 6.05. The van der Waals surface area contributed by atoms with E-state index in [2.05, 4.69) is 17.3 Å². The predicted octanol–water partition coefficient (Wildman–Crippen LogP) is 1.55. The minimum atomic E-state index is -0.376. The van der Waals surface area contributed by atoms with E-state index in [9.17, 15) is 9.90 Å². The smallest absolute Gasteiger partial charge is 0.317 e. The van der Waals surface area contributed by atoms with Gasteiger partial charge in [-0.1, -0.05) is 6.92 Å². The van der Waals surface area contributed by atoms with E-state index >= 15 is 0 Å². The summed E-state index contributed by atoms with van der Waals surface area (Å²) in [5.41, 5.74) is 1.11. The molecule has 1 aliphatic heterocycles. The fraction of sp³-hybridized carbons (Fsp3) is 0.750. The van der Waals surface area contributed by atoms with E-state index < -0.39 is 0 Å². The Kier molecular flexibility index (Phi) is 4.38. The average Bonchev–Trinajstić information content (AvgIpc) is 3.09. The first kappa shape index (κ1) is 15.3. The SMILES string of the molecule is CCCNC(=O)N1C[C@H]2C[C@H](O)[C@@H](n3cc(C)cn3)C[C@H]2C1. The first-order valence-corrected chi connectivity index (χ1v) is 8.30. The minimum Gasteiger partial charge on any atom is -0.391 e. The molecule has 0 unspecified atom stereocenters. The largest absolute Gasteiger partial charge is 0.391 e. The Bertz CT molecular complexity index is 530. The van der Waals surface area contributed by atoms with Gasteiger partial charge in [-0.15, -0.1) is 0 Å². The molecule has 2 amide bonds. The maximum absolute atomic E-state index is 12.1. The van der Waals surface area contributed by atoms with E-state index in [0.717, 1.165) is 44.5 Å². The van der Waals surface area contributed by atoms with Crippen molar-refractivity contribution in [1.82, 2.24) is 20.0 Å². The molecular weight excluding hydrogens is 280 g/mol. The number of aryl methyl sites for hydroxylation is 1.